The number of aromatic carboxylic acids is 2. The van der Waals surface area contributed by atoms with Crippen LogP contribution in [0.5, 0.6) is 0 Å². The summed E-state index contributed by atoms with van der Waals surface area (Å²) in [5.74, 6) is 2.29. The molecule has 8 nitrogen and oxygen atoms in total. The standard InChI is InChI=1S/C12H6N4O4/c17-11(18)9-13-3-7(4-14-9)1-2-8-5-15-10(12(19)20)16-6-8/h3-6H,(H,17,18)(H,19,20). The summed E-state index contributed by atoms with van der Waals surface area (Å²) in [6.07, 6.45) is 5.09. The average Bonchev–Trinajstić information content (AvgIpc) is 2.46. The van der Waals surface area contributed by atoms with Gasteiger partial charge in [-0.1, -0.05) is 11.8 Å². The molecule has 0 aromatic carbocycles. The van der Waals surface area contributed by atoms with Crippen LogP contribution in [0.1, 0.15) is 32.4 Å². The fraction of sp³-hybridized carbons (Fsp3) is 0. The molecular weight excluding hydrogens is 264 g/mol. The van der Waals surface area contributed by atoms with Gasteiger partial charge >= 0.3 is 11.9 Å². The van der Waals surface area contributed by atoms with Crippen molar-refractivity contribution in [3.05, 3.63) is 47.6 Å². The van der Waals surface area contributed by atoms with E-state index >= 15 is 0 Å². The van der Waals surface area contributed by atoms with Gasteiger partial charge in [-0.2, -0.15) is 0 Å². The summed E-state index contributed by atoms with van der Waals surface area (Å²) < 4.78 is 0. The van der Waals surface area contributed by atoms with E-state index < -0.39 is 11.9 Å². The zero-order valence-electron chi connectivity index (χ0n) is 9.81. The van der Waals surface area contributed by atoms with Crippen LogP contribution in [0.4, 0.5) is 0 Å². The quantitative estimate of drug-likeness (QED) is 0.733. The maximum Gasteiger partial charge on any atom is 0.373 e. The normalized spacial score (nSPS) is 9.40. The van der Waals surface area contributed by atoms with Gasteiger partial charge in [0.2, 0.25) is 11.6 Å². The van der Waals surface area contributed by atoms with Gasteiger partial charge in [0.15, 0.2) is 0 Å². The average molecular weight is 270 g/mol. The topological polar surface area (TPSA) is 126 Å². The molecule has 2 N–H and O–H groups in total. The highest BCUT2D eigenvalue weighted by Gasteiger charge is 2.05. The van der Waals surface area contributed by atoms with Gasteiger partial charge in [-0.3, -0.25) is 0 Å². The summed E-state index contributed by atoms with van der Waals surface area (Å²) >= 11 is 0. The monoisotopic (exact) mass is 270 g/mol. The Morgan fingerprint density at radius 1 is 0.750 bits per heavy atom. The van der Waals surface area contributed by atoms with Crippen molar-refractivity contribution in [1.82, 2.24) is 19.9 Å². The number of rotatable bonds is 2. The molecule has 2 aromatic heterocycles. The zero-order valence-corrected chi connectivity index (χ0v) is 9.81. The molecule has 2 aromatic rings. The molecule has 2 rings (SSSR count). The lowest BCUT2D eigenvalue weighted by molar-refractivity contribution is 0.0673. The molecule has 0 aliphatic rings. The van der Waals surface area contributed by atoms with E-state index in [0.717, 1.165) is 0 Å². The van der Waals surface area contributed by atoms with Crippen molar-refractivity contribution in [3.63, 3.8) is 0 Å². The molecule has 0 spiro atoms. The molecule has 0 saturated heterocycles. The van der Waals surface area contributed by atoms with Crippen molar-refractivity contribution in [2.24, 2.45) is 0 Å². The first-order chi connectivity index (χ1) is 9.56. The van der Waals surface area contributed by atoms with Gasteiger partial charge in [0.05, 0.1) is 11.1 Å². The molecule has 20 heavy (non-hydrogen) atoms. The molecule has 0 aliphatic carbocycles. The molecule has 0 amide bonds. The van der Waals surface area contributed by atoms with E-state index in [9.17, 15) is 9.59 Å². The maximum atomic E-state index is 10.6. The van der Waals surface area contributed by atoms with Crippen LogP contribution in [-0.2, 0) is 0 Å². The van der Waals surface area contributed by atoms with Gasteiger partial charge in [-0.25, -0.2) is 29.5 Å². The van der Waals surface area contributed by atoms with E-state index in [0.29, 0.717) is 11.1 Å². The lowest BCUT2D eigenvalue weighted by atomic mass is 10.3. The van der Waals surface area contributed by atoms with E-state index in [1.165, 1.54) is 24.8 Å². The van der Waals surface area contributed by atoms with Gasteiger partial charge in [-0.05, 0) is 0 Å². The van der Waals surface area contributed by atoms with Crippen LogP contribution in [0.3, 0.4) is 0 Å². The highest BCUT2D eigenvalue weighted by atomic mass is 16.4. The number of carboxylic acid groups (broad SMARTS) is 2. The molecule has 0 aliphatic heterocycles. The van der Waals surface area contributed by atoms with Crippen LogP contribution in [-0.4, -0.2) is 42.1 Å². The molecule has 8 heteroatoms. The molecule has 98 valence electrons. The molecule has 0 fully saturated rings. The Balaban J connectivity index is 2.17. The molecule has 0 atom stereocenters. The van der Waals surface area contributed by atoms with Crippen molar-refractivity contribution in [2.45, 2.75) is 0 Å². The number of hydrogen-bond acceptors (Lipinski definition) is 6. The molecule has 0 radical (unpaired) electrons. The number of carboxylic acids is 2. The Morgan fingerprint density at radius 3 is 1.30 bits per heavy atom. The summed E-state index contributed by atoms with van der Waals surface area (Å²) in [6, 6.07) is 0. The summed E-state index contributed by atoms with van der Waals surface area (Å²) in [6.45, 7) is 0. The van der Waals surface area contributed by atoms with Gasteiger partial charge in [-0.15, -0.1) is 0 Å². The van der Waals surface area contributed by atoms with Crippen LogP contribution in [0, 0.1) is 11.8 Å². The van der Waals surface area contributed by atoms with Crippen molar-refractivity contribution in [2.75, 3.05) is 0 Å². The molecule has 0 unspecified atom stereocenters. The Kier molecular flexibility index (Phi) is 3.63. The Morgan fingerprint density at radius 2 is 1.05 bits per heavy atom. The van der Waals surface area contributed by atoms with E-state index in [1.54, 1.807) is 0 Å². The number of aromatic nitrogens is 4. The minimum absolute atomic E-state index is 0.315. The summed E-state index contributed by atoms with van der Waals surface area (Å²) in [4.78, 5) is 35.5. The Hall–Kier alpha value is -3.34. The fourth-order valence-electron chi connectivity index (χ4n) is 1.15. The predicted molar refractivity (Wildman–Crippen MR) is 64.0 cm³/mol. The first kappa shape index (κ1) is 13.1. The van der Waals surface area contributed by atoms with Crippen LogP contribution >= 0.6 is 0 Å². The highest BCUT2D eigenvalue weighted by molar-refractivity contribution is 5.83. The fourth-order valence-corrected chi connectivity index (χ4v) is 1.15. The van der Waals surface area contributed by atoms with E-state index in [1.807, 2.05) is 0 Å². The number of carbonyl (C=O) groups is 2. The van der Waals surface area contributed by atoms with Gasteiger partial charge in [0.25, 0.3) is 0 Å². The first-order valence-electron chi connectivity index (χ1n) is 5.19. The lowest BCUT2D eigenvalue weighted by Gasteiger charge is -1.93. The first-order valence-corrected chi connectivity index (χ1v) is 5.19. The van der Waals surface area contributed by atoms with E-state index in [2.05, 4.69) is 31.8 Å². The molecule has 2 heterocycles. The summed E-state index contributed by atoms with van der Waals surface area (Å²) in [5, 5.41) is 17.3. The maximum absolute atomic E-state index is 10.6. The number of nitrogens with zero attached hydrogens (tertiary/aromatic N) is 4. The molecule has 0 bridgehead atoms. The van der Waals surface area contributed by atoms with Gasteiger partial charge in [0.1, 0.15) is 0 Å². The molecular formula is C12H6N4O4. The molecule has 0 saturated carbocycles. The van der Waals surface area contributed by atoms with Gasteiger partial charge in [0, 0.05) is 24.8 Å². The van der Waals surface area contributed by atoms with Crippen LogP contribution in [0.25, 0.3) is 0 Å². The van der Waals surface area contributed by atoms with Crippen LogP contribution < -0.4 is 0 Å². The highest BCUT2D eigenvalue weighted by Crippen LogP contribution is 1.97. The summed E-state index contributed by atoms with van der Waals surface area (Å²) in [7, 11) is 0. The third-order valence-corrected chi connectivity index (χ3v) is 2.04. The second-order valence-electron chi connectivity index (χ2n) is 3.45. The van der Waals surface area contributed by atoms with Crippen molar-refractivity contribution in [1.29, 1.82) is 0 Å². The third kappa shape index (κ3) is 3.11. The van der Waals surface area contributed by atoms with E-state index in [4.69, 9.17) is 10.2 Å². The Labute approximate surface area is 112 Å². The second kappa shape index (κ2) is 5.53. The summed E-state index contributed by atoms with van der Waals surface area (Å²) in [5.41, 5.74) is 0.828. The smallest absolute Gasteiger partial charge is 0.373 e. The van der Waals surface area contributed by atoms with Crippen molar-refractivity contribution in [3.8, 4) is 11.8 Å². The minimum Gasteiger partial charge on any atom is -0.475 e. The van der Waals surface area contributed by atoms with Crippen LogP contribution in [0.2, 0.25) is 0 Å². The van der Waals surface area contributed by atoms with Crippen molar-refractivity contribution >= 4 is 11.9 Å². The zero-order chi connectivity index (χ0) is 14.5. The predicted octanol–water partition coefficient (Wildman–Crippen LogP) is 0.0628. The van der Waals surface area contributed by atoms with Crippen LogP contribution in [0.15, 0.2) is 24.8 Å². The largest absolute Gasteiger partial charge is 0.475 e. The third-order valence-electron chi connectivity index (χ3n) is 2.04. The second-order valence-corrected chi connectivity index (χ2v) is 3.45. The SMILES string of the molecule is O=C(O)c1ncc(C#Cc2cnc(C(=O)O)nc2)cn1. The lowest BCUT2D eigenvalue weighted by Crippen LogP contribution is -2.03. The number of hydrogen-bond donors (Lipinski definition) is 2. The van der Waals surface area contributed by atoms with E-state index in [-0.39, 0.29) is 11.6 Å². The Bertz CT molecular complexity index is 652. The minimum atomic E-state index is -1.22. The van der Waals surface area contributed by atoms with Gasteiger partial charge < -0.3 is 10.2 Å². The van der Waals surface area contributed by atoms with Crippen molar-refractivity contribution < 1.29 is 19.8 Å².